The number of hydrogen-bond acceptors (Lipinski definition) is 1. The lowest BCUT2D eigenvalue weighted by Crippen LogP contribution is -1.98. The molecule has 2 atom stereocenters. The van der Waals surface area contributed by atoms with Gasteiger partial charge in [-0.3, -0.25) is 0 Å². The first kappa shape index (κ1) is 13.4. The molecule has 3 heteroatoms. The fraction of sp³-hybridized carbons (Fsp3) is 0.429. The summed E-state index contributed by atoms with van der Waals surface area (Å²) in [4.78, 5) is 0. The van der Waals surface area contributed by atoms with Crippen LogP contribution in [-0.4, -0.2) is 0 Å². The molecule has 0 nitrogen and oxygen atoms in total. The molecule has 0 spiro atoms. The molecule has 92 valence electrons. The van der Waals surface area contributed by atoms with E-state index < -0.39 is 0 Å². The van der Waals surface area contributed by atoms with Gasteiger partial charge in [0.15, 0.2) is 0 Å². The largest absolute Gasteiger partial charge is 0.142 e. The zero-order valence-electron chi connectivity index (χ0n) is 10.0. The van der Waals surface area contributed by atoms with Gasteiger partial charge in [-0.1, -0.05) is 32.4 Å². The van der Waals surface area contributed by atoms with Gasteiger partial charge in [0.05, 0.1) is 5.38 Å². The lowest BCUT2D eigenvalue weighted by Gasteiger charge is -2.13. The molecule has 1 aromatic heterocycles. The molecule has 0 aliphatic heterocycles. The van der Waals surface area contributed by atoms with Crippen LogP contribution in [-0.2, 0) is 0 Å². The number of alkyl halides is 1. The van der Waals surface area contributed by atoms with Crippen LogP contribution in [0.2, 0.25) is 0 Å². The van der Waals surface area contributed by atoms with Gasteiger partial charge in [0.1, 0.15) is 0 Å². The third kappa shape index (κ3) is 2.86. The fourth-order valence-corrected chi connectivity index (χ4v) is 4.17. The average Bonchev–Trinajstić information content (AvgIpc) is 2.74. The second-order valence-corrected chi connectivity index (χ2v) is 6.79. The first-order valence-corrected chi connectivity index (χ1v) is 8.04. The highest BCUT2D eigenvalue weighted by Gasteiger charge is 2.16. The van der Waals surface area contributed by atoms with Crippen LogP contribution < -0.4 is 0 Å². The number of rotatable bonds is 4. The van der Waals surface area contributed by atoms with Gasteiger partial charge < -0.3 is 0 Å². The van der Waals surface area contributed by atoms with Crippen LogP contribution in [0, 0.1) is 5.92 Å². The molecule has 0 amide bonds. The van der Waals surface area contributed by atoms with Crippen LogP contribution in [0.5, 0.6) is 0 Å². The Morgan fingerprint density at radius 2 is 2.18 bits per heavy atom. The van der Waals surface area contributed by atoms with E-state index in [2.05, 4.69) is 53.4 Å². The second kappa shape index (κ2) is 5.73. The highest BCUT2D eigenvalue weighted by molar-refractivity contribution is 9.10. The molecule has 2 rings (SSSR count). The molecular weight excluding hydrogens is 316 g/mol. The van der Waals surface area contributed by atoms with Crippen molar-refractivity contribution in [1.29, 1.82) is 0 Å². The van der Waals surface area contributed by atoms with Crippen molar-refractivity contribution in [2.75, 3.05) is 0 Å². The molecule has 1 heterocycles. The van der Waals surface area contributed by atoms with Crippen LogP contribution in [0.4, 0.5) is 0 Å². The molecular formula is C14H16BrClS. The minimum absolute atomic E-state index is 0.132. The molecule has 0 bridgehead atoms. The SMILES string of the molecule is CCC(C)CC(Cl)c1csc2c(Br)cccc12. The van der Waals surface area contributed by atoms with E-state index in [0.717, 1.165) is 6.42 Å². The van der Waals surface area contributed by atoms with Gasteiger partial charge in [-0.05, 0) is 50.7 Å². The Balaban J connectivity index is 2.33. The van der Waals surface area contributed by atoms with Crippen LogP contribution in [0.15, 0.2) is 28.1 Å². The summed E-state index contributed by atoms with van der Waals surface area (Å²) in [6.45, 7) is 4.48. The topological polar surface area (TPSA) is 0 Å². The summed E-state index contributed by atoms with van der Waals surface area (Å²) in [7, 11) is 0. The Labute approximate surface area is 120 Å². The van der Waals surface area contributed by atoms with Gasteiger partial charge in [0.25, 0.3) is 0 Å². The fourth-order valence-electron chi connectivity index (χ4n) is 1.93. The summed E-state index contributed by atoms with van der Waals surface area (Å²) in [5, 5.41) is 3.64. The summed E-state index contributed by atoms with van der Waals surface area (Å²) in [5.74, 6) is 0.680. The van der Waals surface area contributed by atoms with Crippen molar-refractivity contribution in [2.24, 2.45) is 5.92 Å². The van der Waals surface area contributed by atoms with E-state index in [4.69, 9.17) is 11.6 Å². The Morgan fingerprint density at radius 1 is 1.41 bits per heavy atom. The van der Waals surface area contributed by atoms with Gasteiger partial charge in [-0.2, -0.15) is 0 Å². The van der Waals surface area contributed by atoms with Crippen molar-refractivity contribution in [3.8, 4) is 0 Å². The van der Waals surface area contributed by atoms with Gasteiger partial charge >= 0.3 is 0 Å². The molecule has 2 aromatic rings. The summed E-state index contributed by atoms with van der Waals surface area (Å²) in [6.07, 6.45) is 2.24. The van der Waals surface area contributed by atoms with Gasteiger partial charge in [-0.15, -0.1) is 22.9 Å². The third-order valence-electron chi connectivity index (χ3n) is 3.23. The van der Waals surface area contributed by atoms with Crippen LogP contribution in [0.3, 0.4) is 0 Å². The van der Waals surface area contributed by atoms with Crippen molar-refractivity contribution < 1.29 is 0 Å². The molecule has 0 N–H and O–H groups in total. The van der Waals surface area contributed by atoms with E-state index in [1.165, 1.54) is 26.5 Å². The minimum atomic E-state index is 0.132. The first-order chi connectivity index (χ1) is 8.13. The van der Waals surface area contributed by atoms with E-state index >= 15 is 0 Å². The monoisotopic (exact) mass is 330 g/mol. The Bertz CT molecular complexity index is 506. The molecule has 17 heavy (non-hydrogen) atoms. The van der Waals surface area contributed by atoms with Gasteiger partial charge in [0.2, 0.25) is 0 Å². The molecule has 0 fully saturated rings. The minimum Gasteiger partial charge on any atom is -0.142 e. The number of benzene rings is 1. The lowest BCUT2D eigenvalue weighted by atomic mass is 9.98. The van der Waals surface area contributed by atoms with Crippen molar-refractivity contribution in [3.05, 3.63) is 33.6 Å². The Morgan fingerprint density at radius 3 is 2.88 bits per heavy atom. The zero-order chi connectivity index (χ0) is 12.4. The second-order valence-electron chi connectivity index (χ2n) is 4.52. The van der Waals surface area contributed by atoms with Crippen LogP contribution >= 0.6 is 38.9 Å². The maximum atomic E-state index is 6.54. The normalized spacial score (nSPS) is 15.1. The molecule has 0 saturated carbocycles. The van der Waals surface area contributed by atoms with E-state index in [1.54, 1.807) is 11.3 Å². The first-order valence-electron chi connectivity index (χ1n) is 5.93. The maximum Gasteiger partial charge on any atom is 0.0602 e. The van der Waals surface area contributed by atoms with E-state index in [1.807, 2.05) is 0 Å². The number of hydrogen-bond donors (Lipinski definition) is 0. The summed E-state index contributed by atoms with van der Waals surface area (Å²) < 4.78 is 2.47. The third-order valence-corrected chi connectivity index (χ3v) is 5.61. The molecule has 0 aliphatic rings. The smallest absolute Gasteiger partial charge is 0.0602 e. The standard InChI is InChI=1S/C14H16BrClS/c1-3-9(2)7-13(16)11-8-17-14-10(11)5-4-6-12(14)15/h4-6,8-9,13H,3,7H2,1-2H3. The maximum absolute atomic E-state index is 6.54. The highest BCUT2D eigenvalue weighted by Crippen LogP contribution is 2.39. The average molecular weight is 332 g/mol. The Hall–Kier alpha value is -0.0500. The van der Waals surface area contributed by atoms with Crippen LogP contribution in [0.1, 0.15) is 37.6 Å². The van der Waals surface area contributed by atoms with Crippen molar-refractivity contribution in [3.63, 3.8) is 0 Å². The Kier molecular flexibility index (Phi) is 4.51. The van der Waals surface area contributed by atoms with Crippen molar-refractivity contribution >= 4 is 49.0 Å². The number of thiophene rings is 1. The molecule has 0 aliphatic carbocycles. The van der Waals surface area contributed by atoms with E-state index in [-0.39, 0.29) is 5.38 Å². The summed E-state index contributed by atoms with van der Waals surface area (Å²) in [5.41, 5.74) is 1.29. The van der Waals surface area contributed by atoms with Crippen molar-refractivity contribution in [2.45, 2.75) is 32.1 Å². The molecule has 0 radical (unpaired) electrons. The summed E-state index contributed by atoms with van der Waals surface area (Å²) in [6, 6.07) is 6.33. The van der Waals surface area contributed by atoms with Gasteiger partial charge in [-0.25, -0.2) is 0 Å². The molecule has 0 saturated heterocycles. The predicted octanol–water partition coefficient (Wildman–Crippen LogP) is 6.38. The quantitative estimate of drug-likeness (QED) is 0.570. The highest BCUT2D eigenvalue weighted by atomic mass is 79.9. The number of halogens is 2. The zero-order valence-corrected chi connectivity index (χ0v) is 13.2. The molecule has 2 unspecified atom stereocenters. The van der Waals surface area contributed by atoms with Gasteiger partial charge in [0, 0.05) is 9.17 Å². The molecule has 1 aromatic carbocycles. The number of fused-ring (bicyclic) bond motifs is 1. The van der Waals surface area contributed by atoms with E-state index in [9.17, 15) is 0 Å². The predicted molar refractivity (Wildman–Crippen MR) is 82.2 cm³/mol. The van der Waals surface area contributed by atoms with Crippen molar-refractivity contribution in [1.82, 2.24) is 0 Å². The summed E-state index contributed by atoms with van der Waals surface area (Å²) >= 11 is 11.9. The van der Waals surface area contributed by atoms with E-state index in [0.29, 0.717) is 5.92 Å². The lowest BCUT2D eigenvalue weighted by molar-refractivity contribution is 0.509. The van der Waals surface area contributed by atoms with Crippen LogP contribution in [0.25, 0.3) is 10.1 Å².